The Morgan fingerprint density at radius 2 is 1.50 bits per heavy atom. The lowest BCUT2D eigenvalue weighted by atomic mass is 10.0. The summed E-state index contributed by atoms with van der Waals surface area (Å²) in [4.78, 5) is 30.0. The zero-order chi connectivity index (χ0) is 33.4. The van der Waals surface area contributed by atoms with E-state index in [2.05, 4.69) is 5.32 Å². The fourth-order valence-corrected chi connectivity index (χ4v) is 7.01. The maximum atomic E-state index is 14.6. The van der Waals surface area contributed by atoms with E-state index < -0.39 is 28.5 Å². The molecule has 46 heavy (non-hydrogen) atoms. The summed E-state index contributed by atoms with van der Waals surface area (Å²) >= 11 is 12.8. The lowest BCUT2D eigenvalue weighted by Crippen LogP contribution is -2.53. The van der Waals surface area contributed by atoms with Crippen LogP contribution in [0, 0.1) is 19.8 Å². The molecule has 0 aliphatic rings. The number of hydrogen-bond acceptors (Lipinski definition) is 4. The molecule has 0 saturated heterocycles. The first-order chi connectivity index (χ1) is 21.9. The van der Waals surface area contributed by atoms with E-state index in [0.717, 1.165) is 21.0 Å². The summed E-state index contributed by atoms with van der Waals surface area (Å²) in [5.74, 6) is -0.737. The van der Waals surface area contributed by atoms with Crippen molar-refractivity contribution in [1.29, 1.82) is 0 Å². The van der Waals surface area contributed by atoms with E-state index in [1.165, 1.54) is 17.0 Å². The van der Waals surface area contributed by atoms with Crippen molar-refractivity contribution < 1.29 is 18.0 Å². The number of carbonyl (C=O) groups excluding carboxylic acids is 2. The van der Waals surface area contributed by atoms with Crippen molar-refractivity contribution in [3.8, 4) is 0 Å². The lowest BCUT2D eigenvalue weighted by molar-refractivity contribution is -0.140. The first-order valence-electron chi connectivity index (χ1n) is 15.1. The van der Waals surface area contributed by atoms with E-state index in [1.807, 2.05) is 64.1 Å². The van der Waals surface area contributed by atoms with Crippen LogP contribution in [0.15, 0.2) is 102 Å². The fourth-order valence-electron chi connectivity index (χ4n) is 5.05. The fraction of sp³-hybridized carbons (Fsp3) is 0.278. The second kappa shape index (κ2) is 15.6. The summed E-state index contributed by atoms with van der Waals surface area (Å²) in [5, 5.41) is 3.74. The van der Waals surface area contributed by atoms with Crippen LogP contribution in [-0.4, -0.2) is 44.3 Å². The maximum absolute atomic E-state index is 14.6. The smallest absolute Gasteiger partial charge is 0.264 e. The molecule has 4 aromatic rings. The Hall–Kier alpha value is -3.85. The van der Waals surface area contributed by atoms with E-state index in [-0.39, 0.29) is 29.7 Å². The molecule has 0 aromatic heterocycles. The van der Waals surface area contributed by atoms with Gasteiger partial charge >= 0.3 is 0 Å². The summed E-state index contributed by atoms with van der Waals surface area (Å²) in [7, 11) is -4.19. The molecule has 4 rings (SSSR count). The minimum absolute atomic E-state index is 0.0477. The number of anilines is 1. The molecule has 0 fully saturated rings. The molecule has 10 heteroatoms. The molecule has 1 N–H and O–H groups in total. The third-order valence-electron chi connectivity index (χ3n) is 7.77. The van der Waals surface area contributed by atoms with Gasteiger partial charge in [0.1, 0.15) is 12.6 Å². The second-order valence-electron chi connectivity index (χ2n) is 11.6. The number of rotatable bonds is 13. The number of carbonyl (C=O) groups is 2. The van der Waals surface area contributed by atoms with E-state index in [0.29, 0.717) is 27.8 Å². The van der Waals surface area contributed by atoms with Crippen molar-refractivity contribution in [2.75, 3.05) is 17.4 Å². The van der Waals surface area contributed by atoms with Crippen molar-refractivity contribution in [3.05, 3.63) is 129 Å². The molecule has 4 aromatic carbocycles. The van der Waals surface area contributed by atoms with Crippen molar-refractivity contribution in [2.24, 2.45) is 5.92 Å². The zero-order valence-corrected chi connectivity index (χ0v) is 28.7. The van der Waals surface area contributed by atoms with Gasteiger partial charge in [-0.2, -0.15) is 0 Å². The van der Waals surface area contributed by atoms with Gasteiger partial charge < -0.3 is 10.2 Å². The molecule has 0 unspecified atom stereocenters. The Morgan fingerprint density at radius 3 is 2.13 bits per heavy atom. The number of aryl methyl sites for hydroxylation is 1. The number of nitrogens with zero attached hydrogens (tertiary/aromatic N) is 2. The van der Waals surface area contributed by atoms with Gasteiger partial charge in [0.05, 0.1) is 10.6 Å². The van der Waals surface area contributed by atoms with Crippen LogP contribution in [0.4, 0.5) is 5.69 Å². The molecule has 0 bridgehead atoms. The quantitative estimate of drug-likeness (QED) is 0.162. The Morgan fingerprint density at radius 1 is 0.848 bits per heavy atom. The highest BCUT2D eigenvalue weighted by Gasteiger charge is 2.35. The Kier molecular flexibility index (Phi) is 11.9. The minimum Gasteiger partial charge on any atom is -0.354 e. The summed E-state index contributed by atoms with van der Waals surface area (Å²) < 4.78 is 29.6. The highest BCUT2D eigenvalue weighted by molar-refractivity contribution is 7.92. The molecule has 0 spiro atoms. The normalized spacial score (nSPS) is 12.1. The Bertz CT molecular complexity index is 1770. The van der Waals surface area contributed by atoms with E-state index in [4.69, 9.17) is 23.2 Å². The van der Waals surface area contributed by atoms with Gasteiger partial charge in [-0.25, -0.2) is 8.42 Å². The predicted molar refractivity (Wildman–Crippen MR) is 186 cm³/mol. The summed E-state index contributed by atoms with van der Waals surface area (Å²) in [5.41, 5.74) is 3.38. The number of halogens is 2. The van der Waals surface area contributed by atoms with Gasteiger partial charge in [0.2, 0.25) is 11.8 Å². The average Bonchev–Trinajstić information content (AvgIpc) is 3.03. The highest BCUT2D eigenvalue weighted by atomic mass is 35.5. The van der Waals surface area contributed by atoms with Crippen LogP contribution in [0.25, 0.3) is 0 Å². The van der Waals surface area contributed by atoms with Crippen LogP contribution < -0.4 is 9.62 Å². The SMILES string of the molecule is Cc1cccc(N(CC(=O)N(Cc2ccc(Cl)cc2Cl)[C@@H](Cc2ccccc2)C(=O)NCC(C)C)S(=O)(=O)c2ccccc2)c1C. The van der Waals surface area contributed by atoms with E-state index in [9.17, 15) is 18.0 Å². The molecule has 0 aliphatic carbocycles. The molecular weight excluding hydrogens is 641 g/mol. The minimum atomic E-state index is -4.19. The van der Waals surface area contributed by atoms with Crippen LogP contribution >= 0.6 is 23.2 Å². The number of benzene rings is 4. The highest BCUT2D eigenvalue weighted by Crippen LogP contribution is 2.30. The van der Waals surface area contributed by atoms with Gasteiger partial charge in [0, 0.05) is 29.6 Å². The monoisotopic (exact) mass is 679 g/mol. The van der Waals surface area contributed by atoms with Gasteiger partial charge in [-0.05, 0) is 72.4 Å². The predicted octanol–water partition coefficient (Wildman–Crippen LogP) is 7.22. The summed E-state index contributed by atoms with van der Waals surface area (Å²) in [6.45, 7) is 7.50. The Balaban J connectivity index is 1.84. The van der Waals surface area contributed by atoms with E-state index >= 15 is 0 Å². The van der Waals surface area contributed by atoms with Gasteiger partial charge in [-0.3, -0.25) is 13.9 Å². The van der Waals surface area contributed by atoms with Crippen LogP contribution in [-0.2, 0) is 32.6 Å². The van der Waals surface area contributed by atoms with Crippen LogP contribution in [0.5, 0.6) is 0 Å². The second-order valence-corrected chi connectivity index (χ2v) is 14.4. The average molecular weight is 681 g/mol. The van der Waals surface area contributed by atoms with Gasteiger partial charge in [-0.15, -0.1) is 0 Å². The van der Waals surface area contributed by atoms with Crippen molar-refractivity contribution in [3.63, 3.8) is 0 Å². The molecular formula is C36H39Cl2N3O4S. The molecule has 0 heterocycles. The van der Waals surface area contributed by atoms with Crippen molar-refractivity contribution >= 4 is 50.7 Å². The molecule has 0 aliphatic heterocycles. The summed E-state index contributed by atoms with van der Waals surface area (Å²) in [6.07, 6.45) is 0.205. The maximum Gasteiger partial charge on any atom is 0.264 e. The molecule has 0 saturated carbocycles. The molecule has 1 atom stereocenters. The summed E-state index contributed by atoms with van der Waals surface area (Å²) in [6, 6.07) is 26.7. The van der Waals surface area contributed by atoms with Gasteiger partial charge in [0.15, 0.2) is 0 Å². The number of hydrogen-bond donors (Lipinski definition) is 1. The Labute approximate surface area is 282 Å². The first kappa shape index (κ1) is 35.0. The van der Waals surface area contributed by atoms with E-state index in [1.54, 1.807) is 48.5 Å². The number of sulfonamides is 1. The van der Waals surface area contributed by atoms with Gasteiger partial charge in [0.25, 0.3) is 10.0 Å². The lowest BCUT2D eigenvalue weighted by Gasteiger charge is -2.34. The van der Waals surface area contributed by atoms with Crippen LogP contribution in [0.2, 0.25) is 10.0 Å². The number of amides is 2. The zero-order valence-electron chi connectivity index (χ0n) is 26.4. The standard InChI is InChI=1S/C36H39Cl2N3O4S/c1-25(2)22-39-36(43)34(20-28-13-7-5-8-14-28)40(23-29-18-19-30(37)21-32(29)38)35(42)24-41(33-17-11-12-26(3)27(33)4)46(44,45)31-15-9-6-10-16-31/h5-19,21,25,34H,20,22-24H2,1-4H3,(H,39,43)/t34-/m0/s1. The third kappa shape index (κ3) is 8.69. The van der Waals surface area contributed by atoms with Crippen molar-refractivity contribution in [2.45, 2.75) is 51.6 Å². The number of nitrogens with one attached hydrogen (secondary N) is 1. The third-order valence-corrected chi connectivity index (χ3v) is 10.1. The largest absolute Gasteiger partial charge is 0.354 e. The first-order valence-corrected chi connectivity index (χ1v) is 17.3. The van der Waals surface area contributed by atoms with Gasteiger partial charge in [-0.1, -0.05) is 104 Å². The topological polar surface area (TPSA) is 86.8 Å². The van der Waals surface area contributed by atoms with Crippen LogP contribution in [0.1, 0.15) is 36.1 Å². The molecule has 2 amide bonds. The van der Waals surface area contributed by atoms with Crippen molar-refractivity contribution in [1.82, 2.24) is 10.2 Å². The molecule has 242 valence electrons. The van der Waals surface area contributed by atoms with Crippen LogP contribution in [0.3, 0.4) is 0 Å². The molecule has 7 nitrogen and oxygen atoms in total. The molecule has 0 radical (unpaired) electrons.